The maximum atomic E-state index is 13.5. The third-order valence-corrected chi connectivity index (χ3v) is 7.10. The van der Waals surface area contributed by atoms with Gasteiger partial charge in [-0.2, -0.15) is 0 Å². The highest BCUT2D eigenvalue weighted by Crippen LogP contribution is 2.34. The lowest BCUT2D eigenvalue weighted by Gasteiger charge is -2.14. The summed E-state index contributed by atoms with van der Waals surface area (Å²) >= 11 is 6.70. The van der Waals surface area contributed by atoms with Crippen LogP contribution in [-0.4, -0.2) is 24.5 Å². The molecule has 5 rings (SSSR count). The average Bonchev–Trinajstić information content (AvgIpc) is 3.14. The lowest BCUT2D eigenvalue weighted by Crippen LogP contribution is -2.27. The maximum absolute atomic E-state index is 13.5. The molecule has 6 nitrogen and oxygen atoms in total. The Hall–Kier alpha value is -3.75. The van der Waals surface area contributed by atoms with Crippen molar-refractivity contribution < 1.29 is 4.79 Å². The number of hydrogen-bond acceptors (Lipinski definition) is 6. The van der Waals surface area contributed by atoms with Gasteiger partial charge in [-0.25, -0.2) is 4.98 Å². The second-order valence-corrected chi connectivity index (χ2v) is 9.83. The van der Waals surface area contributed by atoms with Gasteiger partial charge in [-0.1, -0.05) is 90.7 Å². The van der Waals surface area contributed by atoms with Crippen molar-refractivity contribution in [2.24, 2.45) is 0 Å². The molecule has 1 aliphatic rings. The van der Waals surface area contributed by atoms with E-state index < -0.39 is 0 Å². The van der Waals surface area contributed by atoms with Crippen LogP contribution in [-0.2, 0) is 17.9 Å². The predicted octanol–water partition coefficient (Wildman–Crippen LogP) is 5.02. The summed E-state index contributed by atoms with van der Waals surface area (Å²) in [6, 6.07) is 23.3. The van der Waals surface area contributed by atoms with E-state index in [-0.39, 0.29) is 11.5 Å². The van der Waals surface area contributed by atoms with Gasteiger partial charge >= 0.3 is 0 Å². The van der Waals surface area contributed by atoms with Crippen LogP contribution in [0.4, 0.5) is 5.82 Å². The van der Waals surface area contributed by atoms with Crippen LogP contribution in [0, 0.1) is 6.92 Å². The van der Waals surface area contributed by atoms with E-state index in [0.29, 0.717) is 39.3 Å². The largest absolute Gasteiger partial charge is 0.365 e. The number of nitrogens with zero attached hydrogens (tertiary/aromatic N) is 3. The van der Waals surface area contributed by atoms with Gasteiger partial charge in [0.05, 0.1) is 17.0 Å². The van der Waals surface area contributed by atoms with Crippen LogP contribution >= 0.6 is 24.0 Å². The molecule has 2 aromatic carbocycles. The van der Waals surface area contributed by atoms with E-state index >= 15 is 0 Å². The van der Waals surface area contributed by atoms with Gasteiger partial charge in [-0.15, -0.1) is 0 Å². The molecule has 0 aliphatic carbocycles. The predicted molar refractivity (Wildman–Crippen MR) is 145 cm³/mol. The quantitative estimate of drug-likeness (QED) is 0.298. The van der Waals surface area contributed by atoms with E-state index in [9.17, 15) is 9.59 Å². The fraction of sp³-hybridized carbons (Fsp3) is 0.111. The van der Waals surface area contributed by atoms with Gasteiger partial charge in [-0.05, 0) is 35.8 Å². The van der Waals surface area contributed by atoms with Crippen molar-refractivity contribution in [2.45, 2.75) is 20.0 Å². The molecule has 1 N–H and O–H groups in total. The molecule has 3 heterocycles. The van der Waals surface area contributed by atoms with Crippen molar-refractivity contribution in [3.8, 4) is 0 Å². The van der Waals surface area contributed by atoms with Crippen LogP contribution in [0.2, 0.25) is 0 Å². The van der Waals surface area contributed by atoms with E-state index in [1.807, 2.05) is 79.7 Å². The summed E-state index contributed by atoms with van der Waals surface area (Å²) in [4.78, 5) is 33.5. The zero-order valence-electron chi connectivity index (χ0n) is 19.0. The molecule has 4 aromatic rings. The lowest BCUT2D eigenvalue weighted by atomic mass is 10.2. The highest BCUT2D eigenvalue weighted by atomic mass is 32.2. The Bertz CT molecular complexity index is 1520. The fourth-order valence-corrected chi connectivity index (χ4v) is 5.13. The molecule has 0 saturated carbocycles. The topological polar surface area (TPSA) is 66.7 Å². The first kappa shape index (κ1) is 23.0. The molecule has 0 unspecified atom stereocenters. The van der Waals surface area contributed by atoms with E-state index in [0.717, 1.165) is 16.7 Å². The monoisotopic (exact) mass is 498 g/mol. The van der Waals surface area contributed by atoms with Crippen molar-refractivity contribution in [3.63, 3.8) is 0 Å². The summed E-state index contributed by atoms with van der Waals surface area (Å²) in [6.07, 6.45) is 3.30. The van der Waals surface area contributed by atoms with Crippen molar-refractivity contribution >= 4 is 51.7 Å². The molecule has 174 valence electrons. The summed E-state index contributed by atoms with van der Waals surface area (Å²) in [7, 11) is 0. The Morgan fingerprint density at radius 2 is 1.66 bits per heavy atom. The number of rotatable bonds is 6. The summed E-state index contributed by atoms with van der Waals surface area (Å²) in [5.74, 6) is 0.216. The second-order valence-electron chi connectivity index (χ2n) is 8.16. The molecule has 35 heavy (non-hydrogen) atoms. The van der Waals surface area contributed by atoms with Crippen LogP contribution in [0.15, 0.2) is 88.7 Å². The Morgan fingerprint density at radius 3 is 2.37 bits per heavy atom. The van der Waals surface area contributed by atoms with Crippen molar-refractivity contribution in [1.29, 1.82) is 0 Å². The van der Waals surface area contributed by atoms with Crippen LogP contribution < -0.4 is 10.9 Å². The lowest BCUT2D eigenvalue weighted by molar-refractivity contribution is -0.122. The average molecular weight is 499 g/mol. The van der Waals surface area contributed by atoms with E-state index in [2.05, 4.69) is 5.32 Å². The number of carbonyl (C=O) groups excluding carboxylic acids is 1. The molecule has 1 fully saturated rings. The summed E-state index contributed by atoms with van der Waals surface area (Å²) in [6.45, 7) is 2.79. The third-order valence-electron chi connectivity index (χ3n) is 5.72. The highest BCUT2D eigenvalue weighted by molar-refractivity contribution is 8.26. The molecule has 0 atom stereocenters. The van der Waals surface area contributed by atoms with Gasteiger partial charge in [0.1, 0.15) is 15.8 Å². The molecular formula is C27H22N4O2S2. The van der Waals surface area contributed by atoms with E-state index in [4.69, 9.17) is 17.2 Å². The van der Waals surface area contributed by atoms with Crippen LogP contribution in [0.1, 0.15) is 22.3 Å². The molecule has 1 aliphatic heterocycles. The number of carbonyl (C=O) groups is 1. The van der Waals surface area contributed by atoms with Crippen molar-refractivity contribution in [1.82, 2.24) is 14.3 Å². The standard InChI is InChI=1S/C27H22N4O2S2/c1-18-9-8-14-30-24(18)29-23(28-16-19-10-4-2-5-11-19)21(25(30)32)15-22-26(33)31(27(34)35-22)17-20-12-6-3-7-13-20/h2-15,28H,16-17H2,1H3/b22-15-. The fourth-order valence-electron chi connectivity index (χ4n) is 3.89. The van der Waals surface area contributed by atoms with Gasteiger partial charge < -0.3 is 5.32 Å². The SMILES string of the molecule is Cc1cccn2c(=O)c(/C=C3\SC(=S)N(Cc4ccccc4)C3=O)c(NCc3ccccc3)nc12. The number of hydrogen-bond donors (Lipinski definition) is 1. The van der Waals surface area contributed by atoms with Gasteiger partial charge in [0.2, 0.25) is 0 Å². The molecule has 8 heteroatoms. The second kappa shape index (κ2) is 9.85. The number of anilines is 1. The number of thioether (sulfide) groups is 1. The summed E-state index contributed by atoms with van der Waals surface area (Å²) in [5.41, 5.74) is 3.57. The normalized spacial score (nSPS) is 14.8. The van der Waals surface area contributed by atoms with Crippen LogP contribution in [0.25, 0.3) is 11.7 Å². The minimum Gasteiger partial charge on any atom is -0.365 e. The number of fused-ring (bicyclic) bond motifs is 1. The van der Waals surface area contributed by atoms with Gasteiger partial charge in [0.15, 0.2) is 0 Å². The minimum absolute atomic E-state index is 0.216. The van der Waals surface area contributed by atoms with Crippen LogP contribution in [0.5, 0.6) is 0 Å². The van der Waals surface area contributed by atoms with Gasteiger partial charge in [0.25, 0.3) is 11.5 Å². The van der Waals surface area contributed by atoms with Crippen LogP contribution in [0.3, 0.4) is 0 Å². The number of benzene rings is 2. The van der Waals surface area contributed by atoms with Gasteiger partial charge in [-0.3, -0.25) is 18.9 Å². The molecule has 0 spiro atoms. The Kier molecular flexibility index (Phi) is 6.48. The Balaban J connectivity index is 1.54. The minimum atomic E-state index is -0.248. The summed E-state index contributed by atoms with van der Waals surface area (Å²) < 4.78 is 1.98. The third kappa shape index (κ3) is 4.76. The molecule has 0 bridgehead atoms. The number of pyridine rings is 1. The maximum Gasteiger partial charge on any atom is 0.267 e. The first-order chi connectivity index (χ1) is 17.0. The molecule has 1 amide bonds. The zero-order chi connectivity index (χ0) is 24.4. The first-order valence-corrected chi connectivity index (χ1v) is 12.3. The Morgan fingerprint density at radius 1 is 0.971 bits per heavy atom. The van der Waals surface area contributed by atoms with Crippen molar-refractivity contribution in [2.75, 3.05) is 5.32 Å². The van der Waals surface area contributed by atoms with E-state index in [1.165, 1.54) is 16.2 Å². The number of aromatic nitrogens is 2. The number of thiocarbonyl (C=S) groups is 1. The summed E-state index contributed by atoms with van der Waals surface area (Å²) in [5, 5.41) is 3.30. The number of nitrogens with one attached hydrogen (secondary N) is 1. The first-order valence-electron chi connectivity index (χ1n) is 11.1. The Labute approximate surface area is 212 Å². The molecular weight excluding hydrogens is 476 g/mol. The zero-order valence-corrected chi connectivity index (χ0v) is 20.6. The van der Waals surface area contributed by atoms with Gasteiger partial charge in [0, 0.05) is 12.7 Å². The highest BCUT2D eigenvalue weighted by Gasteiger charge is 2.32. The number of amides is 1. The van der Waals surface area contributed by atoms with Crippen molar-refractivity contribution in [3.05, 3.63) is 117 Å². The molecule has 1 saturated heterocycles. The van der Waals surface area contributed by atoms with E-state index in [1.54, 1.807) is 17.2 Å². The number of aryl methyl sites for hydroxylation is 1. The molecule has 2 aromatic heterocycles. The smallest absolute Gasteiger partial charge is 0.267 e. The molecule has 0 radical (unpaired) electrons.